The van der Waals surface area contributed by atoms with Crippen LogP contribution in [-0.2, 0) is 0 Å². The smallest absolute Gasteiger partial charge is 0.0441 e. The van der Waals surface area contributed by atoms with Gasteiger partial charge in [-0.15, -0.1) is 0 Å². The van der Waals surface area contributed by atoms with Crippen LogP contribution in [0.3, 0.4) is 0 Å². The van der Waals surface area contributed by atoms with E-state index in [1.165, 1.54) is 5.70 Å². The third-order valence-electron chi connectivity index (χ3n) is 2.36. The SMILES string of the molecule is C/C=C(/C(C)C)N(C)NC(C)(C)CNC. The molecule has 0 aliphatic rings. The normalized spacial score (nSPS) is 13.5. The van der Waals surface area contributed by atoms with E-state index in [1.807, 2.05) is 7.05 Å². The van der Waals surface area contributed by atoms with Crippen molar-refractivity contribution in [1.29, 1.82) is 0 Å². The van der Waals surface area contributed by atoms with E-state index in [4.69, 9.17) is 0 Å². The van der Waals surface area contributed by atoms with Gasteiger partial charge in [-0.1, -0.05) is 19.9 Å². The minimum absolute atomic E-state index is 0.0622. The Morgan fingerprint density at radius 1 is 1.40 bits per heavy atom. The first-order valence-electron chi connectivity index (χ1n) is 5.66. The second-order valence-electron chi connectivity index (χ2n) is 4.95. The van der Waals surface area contributed by atoms with Crippen LogP contribution < -0.4 is 10.7 Å². The van der Waals surface area contributed by atoms with Crippen LogP contribution in [0.5, 0.6) is 0 Å². The molecule has 0 aromatic rings. The highest BCUT2D eigenvalue weighted by atomic mass is 15.5. The first kappa shape index (κ1) is 14.5. The van der Waals surface area contributed by atoms with Gasteiger partial charge in [-0.05, 0) is 33.7 Å². The van der Waals surface area contributed by atoms with E-state index in [2.05, 4.69) is 63.5 Å². The van der Waals surface area contributed by atoms with Gasteiger partial charge in [0.1, 0.15) is 0 Å². The second kappa shape index (κ2) is 6.13. The molecular weight excluding hydrogens is 186 g/mol. The Morgan fingerprint density at radius 3 is 2.27 bits per heavy atom. The summed E-state index contributed by atoms with van der Waals surface area (Å²) in [6.45, 7) is 11.8. The van der Waals surface area contributed by atoms with Crippen LogP contribution in [0.25, 0.3) is 0 Å². The lowest BCUT2D eigenvalue weighted by Gasteiger charge is -2.35. The second-order valence-corrected chi connectivity index (χ2v) is 4.95. The van der Waals surface area contributed by atoms with E-state index in [-0.39, 0.29) is 5.54 Å². The Labute approximate surface area is 94.9 Å². The molecule has 0 aromatic heterocycles. The van der Waals surface area contributed by atoms with Gasteiger partial charge in [0, 0.05) is 24.8 Å². The Morgan fingerprint density at radius 2 is 1.93 bits per heavy atom. The fourth-order valence-electron chi connectivity index (χ4n) is 1.91. The summed E-state index contributed by atoms with van der Waals surface area (Å²) in [5, 5.41) is 5.32. The molecule has 0 aliphatic carbocycles. The Balaban J connectivity index is 4.40. The standard InChI is InChI=1S/C12H27N3/c1-8-11(10(2)3)15(7)14-12(4,5)9-13-6/h8,10,13-14H,9H2,1-7H3/b11-8-. The van der Waals surface area contributed by atoms with Crippen molar-refractivity contribution in [3.05, 3.63) is 11.8 Å². The molecule has 15 heavy (non-hydrogen) atoms. The van der Waals surface area contributed by atoms with Gasteiger partial charge < -0.3 is 10.3 Å². The van der Waals surface area contributed by atoms with Crippen LogP contribution in [0.1, 0.15) is 34.6 Å². The summed E-state index contributed by atoms with van der Waals surface area (Å²) in [4.78, 5) is 0. The van der Waals surface area contributed by atoms with Crippen molar-refractivity contribution < 1.29 is 0 Å². The van der Waals surface area contributed by atoms with Crippen molar-refractivity contribution in [2.75, 3.05) is 20.6 Å². The van der Waals surface area contributed by atoms with Gasteiger partial charge in [-0.3, -0.25) is 0 Å². The molecule has 0 heterocycles. The molecule has 0 aliphatic heterocycles. The lowest BCUT2D eigenvalue weighted by Crippen LogP contribution is -2.53. The average Bonchev–Trinajstić information content (AvgIpc) is 2.02. The van der Waals surface area contributed by atoms with Gasteiger partial charge in [0.15, 0.2) is 0 Å². The molecule has 0 aromatic carbocycles. The predicted molar refractivity (Wildman–Crippen MR) is 67.5 cm³/mol. The lowest BCUT2D eigenvalue weighted by molar-refractivity contribution is 0.177. The van der Waals surface area contributed by atoms with Gasteiger partial charge in [-0.2, -0.15) is 0 Å². The summed E-state index contributed by atoms with van der Waals surface area (Å²) in [6, 6.07) is 0. The average molecular weight is 213 g/mol. The first-order valence-corrected chi connectivity index (χ1v) is 5.66. The topological polar surface area (TPSA) is 27.3 Å². The van der Waals surface area contributed by atoms with E-state index < -0.39 is 0 Å². The number of nitrogens with zero attached hydrogens (tertiary/aromatic N) is 1. The van der Waals surface area contributed by atoms with Gasteiger partial charge in [0.25, 0.3) is 0 Å². The highest BCUT2D eigenvalue weighted by Crippen LogP contribution is 2.13. The van der Waals surface area contributed by atoms with Crippen LogP contribution in [0, 0.1) is 5.92 Å². The van der Waals surface area contributed by atoms with Crippen LogP contribution in [0.4, 0.5) is 0 Å². The highest BCUT2D eigenvalue weighted by Gasteiger charge is 2.19. The Bertz CT molecular complexity index is 207. The number of nitrogens with one attached hydrogen (secondary N) is 2. The van der Waals surface area contributed by atoms with E-state index in [0.29, 0.717) is 5.92 Å². The van der Waals surface area contributed by atoms with Crippen LogP contribution >= 0.6 is 0 Å². The largest absolute Gasteiger partial charge is 0.318 e. The van der Waals surface area contributed by atoms with Crippen molar-refractivity contribution in [1.82, 2.24) is 15.8 Å². The molecule has 0 rings (SSSR count). The zero-order chi connectivity index (χ0) is 12.1. The summed E-state index contributed by atoms with van der Waals surface area (Å²) in [5.74, 6) is 0.540. The molecule has 0 spiro atoms. The minimum atomic E-state index is 0.0622. The molecule has 3 heteroatoms. The van der Waals surface area contributed by atoms with Crippen LogP contribution in [-0.4, -0.2) is 31.2 Å². The van der Waals surface area contributed by atoms with Crippen molar-refractivity contribution in [3.8, 4) is 0 Å². The quantitative estimate of drug-likeness (QED) is 0.661. The van der Waals surface area contributed by atoms with E-state index in [1.54, 1.807) is 0 Å². The molecule has 0 fully saturated rings. The molecule has 0 bridgehead atoms. The zero-order valence-corrected chi connectivity index (χ0v) is 11.3. The van der Waals surface area contributed by atoms with Gasteiger partial charge in [0.05, 0.1) is 0 Å². The first-order chi connectivity index (χ1) is 6.84. The fourth-order valence-corrected chi connectivity index (χ4v) is 1.91. The summed E-state index contributed by atoms with van der Waals surface area (Å²) in [5.41, 5.74) is 4.87. The van der Waals surface area contributed by atoms with Crippen molar-refractivity contribution in [2.24, 2.45) is 5.92 Å². The number of allylic oxidation sites excluding steroid dienone is 2. The summed E-state index contributed by atoms with van der Waals surface area (Å²) < 4.78 is 0. The van der Waals surface area contributed by atoms with Crippen LogP contribution in [0.2, 0.25) is 0 Å². The molecule has 0 amide bonds. The maximum Gasteiger partial charge on any atom is 0.0441 e. The number of hydrazine groups is 1. The molecule has 0 unspecified atom stereocenters. The molecule has 0 saturated heterocycles. The molecule has 0 saturated carbocycles. The summed E-state index contributed by atoms with van der Waals surface area (Å²) in [6.07, 6.45) is 2.16. The summed E-state index contributed by atoms with van der Waals surface area (Å²) >= 11 is 0. The van der Waals surface area contributed by atoms with Gasteiger partial charge in [0.2, 0.25) is 0 Å². The summed E-state index contributed by atoms with van der Waals surface area (Å²) in [7, 11) is 4.05. The molecular formula is C12H27N3. The number of rotatable bonds is 6. The number of hydrogen-bond donors (Lipinski definition) is 2. The molecule has 3 nitrogen and oxygen atoms in total. The van der Waals surface area contributed by atoms with Crippen LogP contribution in [0.15, 0.2) is 11.8 Å². The molecule has 2 N–H and O–H groups in total. The maximum atomic E-state index is 3.49. The zero-order valence-electron chi connectivity index (χ0n) is 11.3. The van der Waals surface area contributed by atoms with Gasteiger partial charge in [-0.25, -0.2) is 5.43 Å². The Kier molecular flexibility index (Phi) is 5.91. The maximum absolute atomic E-state index is 3.49. The van der Waals surface area contributed by atoms with Gasteiger partial charge >= 0.3 is 0 Å². The third kappa shape index (κ3) is 5.19. The Hall–Kier alpha value is -0.540. The fraction of sp³-hybridized carbons (Fsp3) is 0.833. The minimum Gasteiger partial charge on any atom is -0.318 e. The van der Waals surface area contributed by atoms with Crippen molar-refractivity contribution in [2.45, 2.75) is 40.2 Å². The molecule has 0 atom stereocenters. The number of likely N-dealkylation sites (N-methyl/N-ethyl adjacent to an activating group) is 1. The monoisotopic (exact) mass is 213 g/mol. The van der Waals surface area contributed by atoms with E-state index >= 15 is 0 Å². The van der Waals surface area contributed by atoms with E-state index in [0.717, 1.165) is 6.54 Å². The molecule has 90 valence electrons. The van der Waals surface area contributed by atoms with Crippen molar-refractivity contribution in [3.63, 3.8) is 0 Å². The molecule has 0 radical (unpaired) electrons. The van der Waals surface area contributed by atoms with Crippen molar-refractivity contribution >= 4 is 0 Å². The predicted octanol–water partition coefficient (Wildman–Crippen LogP) is 1.98. The third-order valence-corrected chi connectivity index (χ3v) is 2.36. The highest BCUT2D eigenvalue weighted by molar-refractivity contribution is 5.01. The lowest BCUT2D eigenvalue weighted by atomic mass is 10.1. The number of hydrogen-bond acceptors (Lipinski definition) is 3. The van der Waals surface area contributed by atoms with E-state index in [9.17, 15) is 0 Å².